The normalized spacial score (nSPS) is 15.4. The number of benzene rings is 9. The molecule has 0 bridgehead atoms. The van der Waals surface area contributed by atoms with Crippen molar-refractivity contribution in [2.24, 2.45) is 0 Å². The minimum atomic E-state index is -0.707. The lowest BCUT2D eigenvalue weighted by Crippen LogP contribution is -1.91. The Hall–Kier alpha value is -5.98. The molecule has 0 unspecified atom stereocenters. The van der Waals surface area contributed by atoms with Crippen molar-refractivity contribution in [1.82, 2.24) is 0 Å². The van der Waals surface area contributed by atoms with Crippen LogP contribution in [0.5, 0.6) is 0 Å². The molecule has 0 atom stereocenters. The van der Waals surface area contributed by atoms with Crippen molar-refractivity contribution in [3.8, 4) is 44.5 Å². The largest absolute Gasteiger partial charge is 0.0629 e. The van der Waals surface area contributed by atoms with Gasteiger partial charge in [0, 0.05) is 0 Å². The van der Waals surface area contributed by atoms with E-state index in [4.69, 9.17) is 12.3 Å². The van der Waals surface area contributed by atoms with Crippen molar-refractivity contribution in [2.75, 3.05) is 0 Å². The van der Waals surface area contributed by atoms with Crippen molar-refractivity contribution >= 4 is 43.1 Å². The van der Waals surface area contributed by atoms with Gasteiger partial charge in [-0.15, -0.1) is 0 Å². The summed E-state index contributed by atoms with van der Waals surface area (Å²) in [5.41, 5.74) is 3.63. The fourth-order valence-electron chi connectivity index (χ4n) is 6.61. The Balaban J connectivity index is 1.35. The minimum Gasteiger partial charge on any atom is -0.0622 e. The minimum absolute atomic E-state index is 0.0906. The van der Waals surface area contributed by atoms with E-state index in [1.807, 2.05) is 48.5 Å². The third-order valence-corrected chi connectivity index (χ3v) is 8.61. The van der Waals surface area contributed by atoms with Gasteiger partial charge in [0.15, 0.2) is 0 Å². The zero-order valence-electron chi connectivity index (χ0n) is 37.3. The number of hydrogen-bond donors (Lipinski definition) is 0. The van der Waals surface area contributed by atoms with Crippen LogP contribution in [0.1, 0.15) is 17.8 Å². The smallest absolute Gasteiger partial charge is 0.0622 e. The van der Waals surface area contributed by atoms with Gasteiger partial charge in [-0.05, 0) is 87.6 Å². The molecule has 0 aliphatic carbocycles. The van der Waals surface area contributed by atoms with Crippen molar-refractivity contribution in [3.05, 3.63) is 182 Å². The fraction of sp³-hybridized carbons (Fsp3) is 0. The zero-order valence-corrected chi connectivity index (χ0v) is 24.3. The van der Waals surface area contributed by atoms with Crippen LogP contribution in [0.2, 0.25) is 0 Å². The predicted molar refractivity (Wildman–Crippen MR) is 198 cm³/mol. The van der Waals surface area contributed by atoms with E-state index < -0.39 is 84.1 Å². The zero-order chi connectivity index (χ0) is 41.8. The maximum Gasteiger partial charge on any atom is 0.0629 e. The summed E-state index contributed by atoms with van der Waals surface area (Å²) in [6.07, 6.45) is 0. The quantitative estimate of drug-likeness (QED) is 0.178. The third kappa shape index (κ3) is 4.23. The van der Waals surface area contributed by atoms with Gasteiger partial charge in [-0.3, -0.25) is 0 Å². The second kappa shape index (κ2) is 10.9. The SMILES string of the molecule is [2H]c1c([2H])c([2H])c(-c2c3c([2H])c([2H])c([2H])c([2H])c3c(-c3ccc(-c4cccc5c(-c6cccc7ccccc67)cccc45)cc3)c3c([2H])c([2H])c([2H])c([2H])c23)c([2H])c1[2H]. The summed E-state index contributed by atoms with van der Waals surface area (Å²) in [6, 6.07) is 25.7. The summed E-state index contributed by atoms with van der Waals surface area (Å²) in [7, 11) is 0. The monoisotopic (exact) mass is 595 g/mol. The Morgan fingerprint density at radius 1 is 0.283 bits per heavy atom. The lowest BCUT2D eigenvalue weighted by Gasteiger charge is -2.18. The summed E-state index contributed by atoms with van der Waals surface area (Å²) < 4.78 is 114. The van der Waals surface area contributed by atoms with Crippen molar-refractivity contribution < 1.29 is 17.8 Å². The molecule has 0 radical (unpaired) electrons. The summed E-state index contributed by atoms with van der Waals surface area (Å²) in [5, 5.41) is 3.59. The molecule has 0 saturated carbocycles. The first-order chi connectivity index (χ1) is 28.2. The van der Waals surface area contributed by atoms with E-state index in [0.717, 1.165) is 43.8 Å². The van der Waals surface area contributed by atoms with Gasteiger partial charge in [0.2, 0.25) is 0 Å². The lowest BCUT2D eigenvalue weighted by atomic mass is 9.85. The molecule has 0 N–H and O–H groups in total. The summed E-state index contributed by atoms with van der Waals surface area (Å²) in [5.74, 6) is 0. The lowest BCUT2D eigenvalue weighted by molar-refractivity contribution is 1.63. The molecule has 0 fully saturated rings. The summed E-state index contributed by atoms with van der Waals surface area (Å²) >= 11 is 0. The van der Waals surface area contributed by atoms with Crippen LogP contribution in [0.15, 0.2) is 182 Å². The van der Waals surface area contributed by atoms with E-state index in [1.165, 1.54) is 0 Å². The molecule has 0 heterocycles. The molecule has 0 aliphatic heterocycles. The molecule has 0 saturated heterocycles. The Morgan fingerprint density at radius 3 is 1.37 bits per heavy atom. The highest BCUT2D eigenvalue weighted by molar-refractivity contribution is 6.21. The average molecular weight is 596 g/mol. The number of hydrogen-bond acceptors (Lipinski definition) is 0. The summed E-state index contributed by atoms with van der Waals surface area (Å²) in [6.45, 7) is 0. The molecule has 0 aliphatic rings. The van der Waals surface area contributed by atoms with E-state index in [0.29, 0.717) is 5.56 Å². The van der Waals surface area contributed by atoms with Gasteiger partial charge >= 0.3 is 0 Å². The summed E-state index contributed by atoms with van der Waals surface area (Å²) in [4.78, 5) is 0. The second-order valence-corrected chi connectivity index (χ2v) is 11.1. The molecule has 0 nitrogen and oxygen atoms in total. The molecule has 214 valence electrons. The van der Waals surface area contributed by atoms with Crippen LogP contribution < -0.4 is 0 Å². The molecule has 46 heavy (non-hydrogen) atoms. The van der Waals surface area contributed by atoms with Gasteiger partial charge in [0.25, 0.3) is 0 Å². The maximum absolute atomic E-state index is 9.22. The Bertz CT molecular complexity index is 3190. The first kappa shape index (κ1) is 16.4. The highest BCUT2D eigenvalue weighted by Crippen LogP contribution is 2.44. The van der Waals surface area contributed by atoms with Gasteiger partial charge < -0.3 is 0 Å². The standard InChI is InChI=1S/C46H30/c1-2-14-33(15-3-1)45-41-18-6-8-20-43(41)46(44-21-9-7-19-42(44)45)34-29-27-32(28-30-34)36-22-11-25-39-38(36)24-12-26-40(39)37-23-10-16-31-13-4-5-17-35(31)37/h1-30H/i1D,2D,3D,6D,7D,8D,9D,14D,15D,18D,19D,20D,21D. The van der Waals surface area contributed by atoms with E-state index in [9.17, 15) is 5.48 Å². The van der Waals surface area contributed by atoms with Gasteiger partial charge in [-0.2, -0.15) is 0 Å². The van der Waals surface area contributed by atoms with Gasteiger partial charge in [0.05, 0.1) is 17.8 Å². The highest BCUT2D eigenvalue weighted by Gasteiger charge is 2.17. The molecule has 0 amide bonds. The molecule has 0 heteroatoms. The molecular formula is C46H30. The fourth-order valence-corrected chi connectivity index (χ4v) is 6.61. The van der Waals surface area contributed by atoms with E-state index >= 15 is 0 Å². The molecule has 0 aromatic heterocycles. The first-order valence-corrected chi connectivity index (χ1v) is 14.9. The molecule has 0 spiro atoms. The number of fused-ring (bicyclic) bond motifs is 4. The Kier molecular flexibility index (Phi) is 3.87. The molecule has 9 aromatic carbocycles. The van der Waals surface area contributed by atoms with Crippen LogP contribution in [0.3, 0.4) is 0 Å². The van der Waals surface area contributed by atoms with Crippen LogP contribution >= 0.6 is 0 Å². The number of rotatable bonds is 4. The van der Waals surface area contributed by atoms with E-state index in [1.54, 1.807) is 12.1 Å². The van der Waals surface area contributed by atoms with Crippen molar-refractivity contribution in [3.63, 3.8) is 0 Å². The van der Waals surface area contributed by atoms with Crippen molar-refractivity contribution in [2.45, 2.75) is 0 Å². The Labute approximate surface area is 287 Å². The Morgan fingerprint density at radius 2 is 0.717 bits per heavy atom. The highest BCUT2D eigenvalue weighted by atomic mass is 14.2. The predicted octanol–water partition coefficient (Wildman–Crippen LogP) is 13.0. The second-order valence-electron chi connectivity index (χ2n) is 11.1. The first-order valence-electron chi connectivity index (χ1n) is 21.4. The van der Waals surface area contributed by atoms with Crippen LogP contribution in [0, 0.1) is 0 Å². The van der Waals surface area contributed by atoms with Gasteiger partial charge in [0.1, 0.15) is 0 Å². The van der Waals surface area contributed by atoms with Crippen molar-refractivity contribution in [1.29, 1.82) is 0 Å². The molecular weight excluding hydrogens is 553 g/mol. The van der Waals surface area contributed by atoms with Gasteiger partial charge in [-0.1, -0.05) is 182 Å². The van der Waals surface area contributed by atoms with Crippen LogP contribution in [-0.4, -0.2) is 0 Å². The van der Waals surface area contributed by atoms with Crippen LogP contribution in [0.25, 0.3) is 87.6 Å². The molecule has 9 rings (SSSR count). The van der Waals surface area contributed by atoms with E-state index in [-0.39, 0.29) is 32.7 Å². The maximum atomic E-state index is 9.22. The molecule has 9 aromatic rings. The van der Waals surface area contributed by atoms with Crippen LogP contribution in [0.4, 0.5) is 0 Å². The third-order valence-electron chi connectivity index (χ3n) is 8.61. The van der Waals surface area contributed by atoms with Crippen LogP contribution in [-0.2, 0) is 0 Å². The van der Waals surface area contributed by atoms with E-state index in [2.05, 4.69) is 42.5 Å². The van der Waals surface area contributed by atoms with Gasteiger partial charge in [-0.25, -0.2) is 0 Å². The topological polar surface area (TPSA) is 0 Å². The average Bonchev–Trinajstić information content (AvgIpc) is 3.26.